The molecule has 0 atom stereocenters. The molecule has 1 amide bonds. The van der Waals surface area contributed by atoms with Crippen LogP contribution in [-0.4, -0.2) is 44.3 Å². The molecule has 4 aromatic carbocycles. The molecule has 0 aliphatic heterocycles. The maximum atomic E-state index is 14.0. The van der Waals surface area contributed by atoms with Gasteiger partial charge in [-0.25, -0.2) is 4.68 Å². The molecule has 1 aliphatic rings. The van der Waals surface area contributed by atoms with E-state index < -0.39 is 18.1 Å². The lowest BCUT2D eigenvalue weighted by molar-refractivity contribution is -0.119. The number of nitrogens with one attached hydrogen (secondary N) is 1. The van der Waals surface area contributed by atoms with Gasteiger partial charge in [-0.2, -0.15) is 0 Å². The standard InChI is InChI=1S/C37H28N2O9/c1-19-30(20-9-11-21(44-2)12-10-20)35(42)25-14-13-22(17-28(25)48-19)47-18-29(40)38-39-33-23-7-5-6-8-24(23)34(41)31(33)26-15-16-27(45-3)36(46-4)32(26)37(39)43/h5-17H,18H2,1-4H3,(H,38,40). The Kier molecular flexibility index (Phi) is 7.43. The number of nitrogens with zero attached hydrogens (tertiary/aromatic N) is 1. The Morgan fingerprint density at radius 3 is 2.21 bits per heavy atom. The van der Waals surface area contributed by atoms with Crippen molar-refractivity contribution in [3.63, 3.8) is 0 Å². The number of carbonyl (C=O) groups excluding carboxylic acids is 2. The van der Waals surface area contributed by atoms with Gasteiger partial charge in [0.25, 0.3) is 11.5 Å². The molecular formula is C37H28N2O9. The van der Waals surface area contributed by atoms with E-state index in [1.807, 2.05) is 0 Å². The SMILES string of the molecule is COc1ccc(-c2c(C)oc3cc(OCC(=O)Nn4c5c(c6ccc(OC)c(OC)c6c4=O)C(=O)c4ccccc4-5)ccc3c2=O)cc1. The molecule has 11 nitrogen and oxygen atoms in total. The molecule has 1 N–H and O–H groups in total. The number of methoxy groups -OCH3 is 3. The maximum absolute atomic E-state index is 14.0. The Balaban J connectivity index is 1.22. The first-order valence-corrected chi connectivity index (χ1v) is 14.9. The summed E-state index contributed by atoms with van der Waals surface area (Å²) in [6, 6.07) is 21.9. The van der Waals surface area contributed by atoms with Gasteiger partial charge in [-0.1, -0.05) is 36.4 Å². The van der Waals surface area contributed by atoms with Crippen molar-refractivity contribution in [2.75, 3.05) is 33.4 Å². The molecule has 7 rings (SSSR count). The summed E-state index contributed by atoms with van der Waals surface area (Å²) in [7, 11) is 4.40. The average Bonchev–Trinajstić information content (AvgIpc) is 3.40. The first kappa shape index (κ1) is 30.3. The van der Waals surface area contributed by atoms with Crippen molar-refractivity contribution in [1.29, 1.82) is 0 Å². The van der Waals surface area contributed by atoms with E-state index in [0.29, 0.717) is 50.3 Å². The highest BCUT2D eigenvalue weighted by atomic mass is 16.5. The predicted octanol–water partition coefficient (Wildman–Crippen LogP) is 5.47. The number of rotatable bonds is 8. The van der Waals surface area contributed by atoms with Crippen LogP contribution in [0.15, 0.2) is 92.9 Å². The number of carbonyl (C=O) groups is 2. The van der Waals surface area contributed by atoms with Gasteiger partial charge in [-0.3, -0.25) is 24.6 Å². The molecule has 2 heterocycles. The van der Waals surface area contributed by atoms with Crippen molar-refractivity contribution < 1.29 is 33.0 Å². The lowest BCUT2D eigenvalue weighted by atomic mass is 10.0. The highest BCUT2D eigenvalue weighted by Gasteiger charge is 2.34. The van der Waals surface area contributed by atoms with E-state index in [9.17, 15) is 19.2 Å². The van der Waals surface area contributed by atoms with Gasteiger partial charge in [0.2, 0.25) is 5.43 Å². The molecule has 0 bridgehead atoms. The first-order valence-electron chi connectivity index (χ1n) is 14.9. The molecule has 0 unspecified atom stereocenters. The van der Waals surface area contributed by atoms with Crippen LogP contribution in [0.5, 0.6) is 23.0 Å². The Morgan fingerprint density at radius 1 is 0.792 bits per heavy atom. The van der Waals surface area contributed by atoms with Crippen LogP contribution in [0, 0.1) is 6.92 Å². The van der Waals surface area contributed by atoms with Crippen LogP contribution in [0.25, 0.3) is 44.1 Å². The number of pyridine rings is 1. The van der Waals surface area contributed by atoms with Crippen LogP contribution in [-0.2, 0) is 4.79 Å². The second-order valence-corrected chi connectivity index (χ2v) is 11.0. The number of hydrogen-bond acceptors (Lipinski definition) is 9. The van der Waals surface area contributed by atoms with Gasteiger partial charge in [-0.15, -0.1) is 0 Å². The van der Waals surface area contributed by atoms with Crippen LogP contribution < -0.4 is 35.4 Å². The van der Waals surface area contributed by atoms with Crippen molar-refractivity contribution in [2.24, 2.45) is 0 Å². The molecular weight excluding hydrogens is 616 g/mol. The number of fused-ring (bicyclic) bond motifs is 6. The highest BCUT2D eigenvalue weighted by Crippen LogP contribution is 2.42. The zero-order valence-corrected chi connectivity index (χ0v) is 26.3. The molecule has 1 aliphatic carbocycles. The Hall–Kier alpha value is -6.36. The molecule has 2 aromatic heterocycles. The fourth-order valence-corrected chi connectivity index (χ4v) is 6.19. The third kappa shape index (κ3) is 4.75. The topological polar surface area (TPSA) is 135 Å². The van der Waals surface area contributed by atoms with E-state index >= 15 is 0 Å². The summed E-state index contributed by atoms with van der Waals surface area (Å²) in [4.78, 5) is 54.5. The number of hydrogen-bond donors (Lipinski definition) is 1. The summed E-state index contributed by atoms with van der Waals surface area (Å²) in [5, 5.41) is 0.791. The van der Waals surface area contributed by atoms with E-state index in [-0.39, 0.29) is 44.9 Å². The zero-order chi connectivity index (χ0) is 33.7. The van der Waals surface area contributed by atoms with Gasteiger partial charge in [0.05, 0.1) is 48.9 Å². The van der Waals surface area contributed by atoms with E-state index in [1.54, 1.807) is 86.8 Å². The second kappa shape index (κ2) is 11.8. The third-order valence-electron chi connectivity index (χ3n) is 8.37. The fourth-order valence-electron chi connectivity index (χ4n) is 6.19. The van der Waals surface area contributed by atoms with Gasteiger partial charge < -0.3 is 23.4 Å². The number of benzene rings is 4. The van der Waals surface area contributed by atoms with Crippen molar-refractivity contribution in [3.8, 4) is 45.4 Å². The van der Waals surface area contributed by atoms with Crippen molar-refractivity contribution in [2.45, 2.75) is 6.92 Å². The highest BCUT2D eigenvalue weighted by molar-refractivity contribution is 6.27. The van der Waals surface area contributed by atoms with Crippen LogP contribution >= 0.6 is 0 Å². The predicted molar refractivity (Wildman–Crippen MR) is 179 cm³/mol. The largest absolute Gasteiger partial charge is 0.497 e. The number of aromatic nitrogens is 1. The average molecular weight is 645 g/mol. The zero-order valence-electron chi connectivity index (χ0n) is 26.3. The summed E-state index contributed by atoms with van der Waals surface area (Å²) in [5.74, 6) is 0.805. The van der Waals surface area contributed by atoms with Crippen LogP contribution in [0.1, 0.15) is 21.7 Å². The molecule has 0 spiro atoms. The maximum Gasteiger partial charge on any atom is 0.281 e. The van der Waals surface area contributed by atoms with Gasteiger partial charge in [-0.05, 0) is 48.9 Å². The summed E-state index contributed by atoms with van der Waals surface area (Å²) in [5.41, 5.74) is 4.60. The number of amides is 1. The fraction of sp³-hybridized carbons (Fsp3) is 0.135. The van der Waals surface area contributed by atoms with Gasteiger partial charge >= 0.3 is 0 Å². The summed E-state index contributed by atoms with van der Waals surface area (Å²) < 4.78 is 29.0. The van der Waals surface area contributed by atoms with Crippen LogP contribution in [0.3, 0.4) is 0 Å². The van der Waals surface area contributed by atoms with Gasteiger partial charge in [0, 0.05) is 22.6 Å². The van der Waals surface area contributed by atoms with Crippen molar-refractivity contribution >= 4 is 33.4 Å². The number of ether oxygens (including phenoxy) is 4. The van der Waals surface area contributed by atoms with E-state index in [2.05, 4.69) is 5.43 Å². The molecule has 0 radical (unpaired) electrons. The third-order valence-corrected chi connectivity index (χ3v) is 8.37. The summed E-state index contributed by atoms with van der Waals surface area (Å²) in [6.45, 7) is 1.21. The molecule has 240 valence electrons. The lowest BCUT2D eigenvalue weighted by Gasteiger charge is -2.18. The monoisotopic (exact) mass is 644 g/mol. The van der Waals surface area contributed by atoms with Gasteiger partial charge in [0.1, 0.15) is 22.8 Å². The quantitative estimate of drug-likeness (QED) is 0.229. The van der Waals surface area contributed by atoms with Crippen molar-refractivity contribution in [3.05, 3.63) is 116 Å². The van der Waals surface area contributed by atoms with Crippen LogP contribution in [0.4, 0.5) is 0 Å². The Labute approximate surface area is 272 Å². The van der Waals surface area contributed by atoms with E-state index in [0.717, 1.165) is 4.68 Å². The molecule has 0 fully saturated rings. The summed E-state index contributed by atoms with van der Waals surface area (Å²) in [6.07, 6.45) is 0. The minimum atomic E-state index is -0.676. The van der Waals surface area contributed by atoms with E-state index in [4.69, 9.17) is 23.4 Å². The van der Waals surface area contributed by atoms with Crippen LogP contribution in [0.2, 0.25) is 0 Å². The Bertz CT molecular complexity index is 2420. The number of ketones is 1. The minimum absolute atomic E-state index is 0.0758. The summed E-state index contributed by atoms with van der Waals surface area (Å²) >= 11 is 0. The molecule has 6 aromatic rings. The smallest absolute Gasteiger partial charge is 0.281 e. The Morgan fingerprint density at radius 2 is 1.50 bits per heavy atom. The van der Waals surface area contributed by atoms with E-state index in [1.165, 1.54) is 20.3 Å². The minimum Gasteiger partial charge on any atom is -0.497 e. The normalized spacial score (nSPS) is 11.7. The molecule has 0 saturated heterocycles. The molecule has 0 saturated carbocycles. The first-order chi connectivity index (χ1) is 23.2. The molecule has 48 heavy (non-hydrogen) atoms. The lowest BCUT2D eigenvalue weighted by Crippen LogP contribution is -2.37. The second-order valence-electron chi connectivity index (χ2n) is 11.0. The van der Waals surface area contributed by atoms with Crippen molar-refractivity contribution in [1.82, 2.24) is 4.68 Å². The number of aryl methyl sites for hydroxylation is 1. The molecule has 11 heteroatoms. The van der Waals surface area contributed by atoms with Gasteiger partial charge in [0.15, 0.2) is 23.9 Å².